The van der Waals surface area contributed by atoms with E-state index in [-0.39, 0.29) is 17.9 Å². The third kappa shape index (κ3) is 3.66. The van der Waals surface area contributed by atoms with Crippen LogP contribution in [0.4, 0.5) is 5.69 Å². The van der Waals surface area contributed by atoms with Crippen LogP contribution in [0.1, 0.15) is 41.0 Å². The van der Waals surface area contributed by atoms with Crippen LogP contribution in [-0.4, -0.2) is 16.7 Å². The van der Waals surface area contributed by atoms with Crippen LogP contribution in [0.5, 0.6) is 0 Å². The monoisotopic (exact) mass is 408 g/mol. The maximum atomic E-state index is 13.4. The second-order valence-electron chi connectivity index (χ2n) is 7.25. The summed E-state index contributed by atoms with van der Waals surface area (Å²) in [4.78, 5) is 27.6. The number of furan rings is 1. The van der Waals surface area contributed by atoms with Gasteiger partial charge in [-0.15, -0.1) is 0 Å². The fourth-order valence-electron chi connectivity index (χ4n) is 3.76. The number of anilines is 1. The molecule has 1 saturated heterocycles. The van der Waals surface area contributed by atoms with Crippen molar-refractivity contribution in [3.8, 4) is 0 Å². The van der Waals surface area contributed by atoms with Crippen LogP contribution in [0.25, 0.3) is 0 Å². The van der Waals surface area contributed by atoms with E-state index in [0.717, 1.165) is 16.8 Å². The van der Waals surface area contributed by atoms with Gasteiger partial charge in [-0.05, 0) is 54.8 Å². The average Bonchev–Trinajstić information content (AvgIpc) is 3.22. The summed E-state index contributed by atoms with van der Waals surface area (Å²) in [6, 6.07) is 15.4. The minimum absolute atomic E-state index is 0.0944. The number of hydrogen-bond acceptors (Lipinski definition) is 3. The Morgan fingerprint density at radius 1 is 1.10 bits per heavy atom. The minimum atomic E-state index is -0.789. The van der Waals surface area contributed by atoms with Crippen molar-refractivity contribution in [2.75, 3.05) is 5.32 Å². The molecule has 148 valence electrons. The summed E-state index contributed by atoms with van der Waals surface area (Å²) in [6.07, 6.45) is 1.89. The van der Waals surface area contributed by atoms with E-state index in [4.69, 9.17) is 16.0 Å². The predicted molar refractivity (Wildman–Crippen MR) is 112 cm³/mol. The molecule has 0 saturated carbocycles. The van der Waals surface area contributed by atoms with Gasteiger partial charge in [0.05, 0.1) is 18.7 Å². The van der Waals surface area contributed by atoms with Crippen molar-refractivity contribution in [3.05, 3.63) is 88.3 Å². The number of rotatable bonds is 5. The number of amides is 2. The number of para-hydroxylation sites is 1. The molecule has 2 heterocycles. The lowest BCUT2D eigenvalue weighted by Crippen LogP contribution is -2.51. The summed E-state index contributed by atoms with van der Waals surface area (Å²) in [5, 5.41) is 3.60. The zero-order chi connectivity index (χ0) is 20.5. The molecule has 4 rings (SSSR count). The number of carbonyl (C=O) groups is 2. The highest BCUT2D eigenvalue weighted by molar-refractivity contribution is 6.30. The Labute approximate surface area is 174 Å². The zero-order valence-electron chi connectivity index (χ0n) is 16.2. The van der Waals surface area contributed by atoms with Gasteiger partial charge in [-0.2, -0.15) is 0 Å². The Morgan fingerprint density at radius 3 is 2.38 bits per heavy atom. The van der Waals surface area contributed by atoms with Crippen molar-refractivity contribution < 1.29 is 14.0 Å². The molecule has 1 N–H and O–H groups in total. The second-order valence-corrected chi connectivity index (χ2v) is 7.68. The number of benzene rings is 2. The van der Waals surface area contributed by atoms with Gasteiger partial charge in [-0.25, -0.2) is 0 Å². The third-order valence-corrected chi connectivity index (χ3v) is 5.56. The van der Waals surface area contributed by atoms with E-state index in [1.54, 1.807) is 41.5 Å². The fraction of sp³-hybridized carbons (Fsp3) is 0.217. The first-order valence-corrected chi connectivity index (χ1v) is 9.80. The Kier molecular flexibility index (Phi) is 5.16. The molecule has 0 spiro atoms. The number of likely N-dealkylation sites (tertiary alicyclic amines) is 1. The van der Waals surface area contributed by atoms with Crippen LogP contribution < -0.4 is 5.32 Å². The van der Waals surface area contributed by atoms with E-state index < -0.39 is 6.04 Å². The highest BCUT2D eigenvalue weighted by Gasteiger charge is 2.46. The van der Waals surface area contributed by atoms with E-state index in [0.29, 0.717) is 22.8 Å². The van der Waals surface area contributed by atoms with E-state index in [1.165, 1.54) is 0 Å². The quantitative estimate of drug-likeness (QED) is 0.590. The third-order valence-electron chi connectivity index (χ3n) is 5.30. The van der Waals surface area contributed by atoms with Crippen molar-refractivity contribution in [3.63, 3.8) is 0 Å². The first kappa shape index (κ1) is 19.3. The van der Waals surface area contributed by atoms with Gasteiger partial charge in [0, 0.05) is 10.7 Å². The molecule has 1 aliphatic heterocycles. The number of carbonyl (C=O) groups excluding carboxylic acids is 2. The summed E-state index contributed by atoms with van der Waals surface area (Å²) >= 11 is 6.04. The summed E-state index contributed by atoms with van der Waals surface area (Å²) in [7, 11) is 0. The topological polar surface area (TPSA) is 62.6 Å². The molecule has 1 aromatic heterocycles. The zero-order valence-corrected chi connectivity index (χ0v) is 16.9. The van der Waals surface area contributed by atoms with E-state index in [1.807, 2.05) is 38.1 Å². The van der Waals surface area contributed by atoms with Gasteiger partial charge in [0.15, 0.2) is 0 Å². The molecule has 0 aliphatic carbocycles. The Morgan fingerprint density at radius 2 is 1.79 bits per heavy atom. The van der Waals surface area contributed by atoms with Gasteiger partial charge in [0.25, 0.3) is 5.91 Å². The summed E-state index contributed by atoms with van der Waals surface area (Å²) in [6.45, 7) is 3.89. The number of nitrogens with one attached hydrogen (secondary N) is 1. The lowest BCUT2D eigenvalue weighted by Gasteiger charge is -2.44. The SMILES string of the molecule is Cc1cccc(C)c1NC(=O)[C@@H](c1ccc(Cl)cc1)N1C(=O)C[C@@H]1c1ccco1. The van der Waals surface area contributed by atoms with Crippen molar-refractivity contribution in [2.45, 2.75) is 32.4 Å². The first-order chi connectivity index (χ1) is 14.0. The van der Waals surface area contributed by atoms with Crippen molar-refractivity contribution in [1.82, 2.24) is 4.90 Å². The maximum Gasteiger partial charge on any atom is 0.251 e. The molecule has 2 atom stereocenters. The molecular weight excluding hydrogens is 388 g/mol. The summed E-state index contributed by atoms with van der Waals surface area (Å²) < 4.78 is 5.51. The molecule has 1 aliphatic rings. The molecule has 0 radical (unpaired) electrons. The normalized spacial score (nSPS) is 17.0. The number of nitrogens with zero attached hydrogens (tertiary/aromatic N) is 1. The van der Waals surface area contributed by atoms with Crippen LogP contribution in [0.2, 0.25) is 5.02 Å². The van der Waals surface area contributed by atoms with Crippen LogP contribution in [0.3, 0.4) is 0 Å². The molecule has 1 fully saturated rings. The molecule has 3 aromatic rings. The first-order valence-electron chi connectivity index (χ1n) is 9.43. The molecule has 2 amide bonds. The van der Waals surface area contributed by atoms with Crippen molar-refractivity contribution in [2.24, 2.45) is 0 Å². The summed E-state index contributed by atoms with van der Waals surface area (Å²) in [5.41, 5.74) is 3.39. The lowest BCUT2D eigenvalue weighted by molar-refractivity contribution is -0.155. The lowest BCUT2D eigenvalue weighted by atomic mass is 9.92. The van der Waals surface area contributed by atoms with E-state index in [9.17, 15) is 9.59 Å². The Bertz CT molecular complexity index is 1020. The molecule has 2 aromatic carbocycles. The highest BCUT2D eigenvalue weighted by atomic mass is 35.5. The van der Waals surface area contributed by atoms with Gasteiger partial charge >= 0.3 is 0 Å². The second kappa shape index (κ2) is 7.76. The van der Waals surface area contributed by atoms with E-state index in [2.05, 4.69) is 5.32 Å². The van der Waals surface area contributed by atoms with Crippen molar-refractivity contribution in [1.29, 1.82) is 0 Å². The van der Waals surface area contributed by atoms with Crippen LogP contribution >= 0.6 is 11.6 Å². The van der Waals surface area contributed by atoms with Gasteiger partial charge < -0.3 is 14.6 Å². The minimum Gasteiger partial charge on any atom is -0.467 e. The van der Waals surface area contributed by atoms with Gasteiger partial charge in [-0.3, -0.25) is 9.59 Å². The smallest absolute Gasteiger partial charge is 0.251 e. The number of aryl methyl sites for hydroxylation is 2. The Balaban J connectivity index is 1.71. The van der Waals surface area contributed by atoms with Crippen LogP contribution in [0, 0.1) is 13.8 Å². The fourth-order valence-corrected chi connectivity index (χ4v) is 3.89. The molecule has 29 heavy (non-hydrogen) atoms. The van der Waals surface area contributed by atoms with Crippen molar-refractivity contribution >= 4 is 29.1 Å². The maximum absolute atomic E-state index is 13.4. The molecular formula is C23H21ClN2O3. The van der Waals surface area contributed by atoms with E-state index >= 15 is 0 Å². The molecule has 6 heteroatoms. The van der Waals surface area contributed by atoms with Gasteiger partial charge in [-0.1, -0.05) is 41.9 Å². The Hall–Kier alpha value is -3.05. The van der Waals surface area contributed by atoms with Crippen LogP contribution in [-0.2, 0) is 9.59 Å². The number of halogens is 1. The molecule has 5 nitrogen and oxygen atoms in total. The molecule has 0 bridgehead atoms. The van der Waals surface area contributed by atoms with Gasteiger partial charge in [0.1, 0.15) is 11.8 Å². The number of hydrogen-bond donors (Lipinski definition) is 1. The predicted octanol–water partition coefficient (Wildman–Crippen LogP) is 5.20. The highest BCUT2D eigenvalue weighted by Crippen LogP contribution is 2.42. The number of β-lactam (4-membered cyclic amide) rings is 1. The molecule has 0 unspecified atom stereocenters. The average molecular weight is 409 g/mol. The largest absolute Gasteiger partial charge is 0.467 e. The van der Waals surface area contributed by atoms with Crippen LogP contribution in [0.15, 0.2) is 65.3 Å². The summed E-state index contributed by atoms with van der Waals surface area (Å²) in [5.74, 6) is 0.306. The standard InChI is InChI=1S/C23H21ClN2O3/c1-14-5-3-6-15(2)21(14)25-23(28)22(16-8-10-17(24)11-9-16)26-18(13-20(26)27)19-7-4-12-29-19/h3-12,18,22H,13H2,1-2H3,(H,25,28)/t18-,22-/m1/s1. The van der Waals surface area contributed by atoms with Gasteiger partial charge in [0.2, 0.25) is 5.91 Å².